The first kappa shape index (κ1) is 15.9. The van der Waals surface area contributed by atoms with Gasteiger partial charge in [0.2, 0.25) is 5.88 Å². The van der Waals surface area contributed by atoms with Gasteiger partial charge in [-0.3, -0.25) is 0 Å². The molecule has 0 saturated carbocycles. The van der Waals surface area contributed by atoms with E-state index in [2.05, 4.69) is 25.9 Å². The third kappa shape index (κ3) is 4.44. The molecule has 1 rings (SSSR count). The van der Waals surface area contributed by atoms with E-state index in [0.29, 0.717) is 5.92 Å². The number of hydrogen-bond donors (Lipinski definition) is 1. The molecule has 4 heteroatoms. The molecule has 1 heterocycles. The van der Waals surface area contributed by atoms with E-state index in [4.69, 9.17) is 10.5 Å². The van der Waals surface area contributed by atoms with E-state index in [1.54, 1.807) is 4.68 Å². The molecule has 0 amide bonds. The minimum atomic E-state index is 0.615. The number of hydrogen-bond acceptors (Lipinski definition) is 3. The molecular formula is C15H29N3O. The van der Waals surface area contributed by atoms with Crippen molar-refractivity contribution in [2.45, 2.75) is 59.3 Å². The van der Waals surface area contributed by atoms with Crippen LogP contribution in [0.15, 0.2) is 0 Å². The minimum absolute atomic E-state index is 0.615. The van der Waals surface area contributed by atoms with Crippen LogP contribution in [-0.4, -0.2) is 16.4 Å². The lowest BCUT2D eigenvalue weighted by Crippen LogP contribution is -2.13. The van der Waals surface area contributed by atoms with Gasteiger partial charge < -0.3 is 10.5 Å². The second-order valence-corrected chi connectivity index (χ2v) is 5.27. The van der Waals surface area contributed by atoms with Crippen LogP contribution in [0.3, 0.4) is 0 Å². The van der Waals surface area contributed by atoms with E-state index in [1.165, 1.54) is 19.3 Å². The van der Waals surface area contributed by atoms with Gasteiger partial charge in [0.05, 0.1) is 12.3 Å². The van der Waals surface area contributed by atoms with Crippen LogP contribution in [0.25, 0.3) is 0 Å². The summed E-state index contributed by atoms with van der Waals surface area (Å²) in [5.41, 5.74) is 7.79. The quantitative estimate of drug-likeness (QED) is 0.744. The van der Waals surface area contributed by atoms with Gasteiger partial charge in [-0.25, -0.2) is 4.68 Å². The molecule has 19 heavy (non-hydrogen) atoms. The predicted octanol–water partition coefficient (Wildman–Crippen LogP) is 3.55. The molecule has 0 radical (unpaired) electrons. The number of unbranched alkanes of at least 4 members (excludes halogenated alkanes) is 1. The van der Waals surface area contributed by atoms with Crippen molar-refractivity contribution in [2.75, 3.05) is 12.3 Å². The Balaban J connectivity index is 2.61. The van der Waals surface area contributed by atoms with Gasteiger partial charge >= 0.3 is 0 Å². The summed E-state index contributed by atoms with van der Waals surface area (Å²) in [5.74, 6) is 1.35. The highest BCUT2D eigenvalue weighted by molar-refractivity contribution is 5.53. The number of nitrogens with two attached hydrogens (primary N) is 1. The summed E-state index contributed by atoms with van der Waals surface area (Å²) in [4.78, 5) is 0. The van der Waals surface area contributed by atoms with Crippen LogP contribution in [0.4, 0.5) is 5.69 Å². The lowest BCUT2D eigenvalue weighted by molar-refractivity contribution is 0.218. The number of anilines is 1. The van der Waals surface area contributed by atoms with Crippen LogP contribution in [0.5, 0.6) is 5.88 Å². The Kier molecular flexibility index (Phi) is 6.74. The van der Waals surface area contributed by atoms with Crippen molar-refractivity contribution in [1.82, 2.24) is 9.78 Å². The third-order valence-corrected chi connectivity index (χ3v) is 3.59. The topological polar surface area (TPSA) is 53.1 Å². The fourth-order valence-corrected chi connectivity index (χ4v) is 2.27. The van der Waals surface area contributed by atoms with Gasteiger partial charge in [0.15, 0.2) is 0 Å². The second-order valence-electron chi connectivity index (χ2n) is 5.27. The first-order chi connectivity index (χ1) is 9.13. The Bertz CT molecular complexity index is 374. The van der Waals surface area contributed by atoms with Gasteiger partial charge in [-0.05, 0) is 18.8 Å². The van der Waals surface area contributed by atoms with Gasteiger partial charge in [0.25, 0.3) is 0 Å². The molecule has 1 unspecified atom stereocenters. The van der Waals surface area contributed by atoms with Gasteiger partial charge in [-0.2, -0.15) is 5.10 Å². The number of aromatic nitrogens is 2. The molecule has 0 fully saturated rings. The molecule has 0 aliphatic rings. The number of nitrogens with zero attached hydrogens (tertiary/aromatic N) is 2. The summed E-state index contributed by atoms with van der Waals surface area (Å²) in [6, 6.07) is 0. The van der Waals surface area contributed by atoms with Crippen LogP contribution in [0.2, 0.25) is 0 Å². The van der Waals surface area contributed by atoms with E-state index in [-0.39, 0.29) is 0 Å². The molecule has 2 N–H and O–H groups in total. The molecule has 0 saturated heterocycles. The SMILES string of the molecule is CCCCC(CC)COc1c(N)c(CCC)nn1C. The van der Waals surface area contributed by atoms with Gasteiger partial charge in [-0.1, -0.05) is 46.5 Å². The average molecular weight is 267 g/mol. The van der Waals surface area contributed by atoms with Crippen LogP contribution in [-0.2, 0) is 13.5 Å². The number of rotatable bonds is 9. The normalized spacial score (nSPS) is 12.6. The second kappa shape index (κ2) is 8.08. The molecule has 110 valence electrons. The molecular weight excluding hydrogens is 238 g/mol. The smallest absolute Gasteiger partial charge is 0.235 e. The zero-order chi connectivity index (χ0) is 14.3. The van der Waals surface area contributed by atoms with Gasteiger partial charge in [0.1, 0.15) is 5.69 Å². The van der Waals surface area contributed by atoms with Crippen molar-refractivity contribution in [3.8, 4) is 5.88 Å². The van der Waals surface area contributed by atoms with Crippen molar-refractivity contribution >= 4 is 5.69 Å². The number of nitrogen functional groups attached to an aromatic ring is 1. The Hall–Kier alpha value is -1.19. The van der Waals surface area contributed by atoms with Gasteiger partial charge in [-0.15, -0.1) is 0 Å². The number of ether oxygens (including phenoxy) is 1. The fourth-order valence-electron chi connectivity index (χ4n) is 2.27. The average Bonchev–Trinajstić information content (AvgIpc) is 2.66. The lowest BCUT2D eigenvalue weighted by Gasteiger charge is -2.15. The summed E-state index contributed by atoms with van der Waals surface area (Å²) in [7, 11) is 1.90. The zero-order valence-corrected chi connectivity index (χ0v) is 12.9. The van der Waals surface area contributed by atoms with Crippen molar-refractivity contribution in [3.63, 3.8) is 0 Å². The Morgan fingerprint density at radius 1 is 1.26 bits per heavy atom. The highest BCUT2D eigenvalue weighted by Crippen LogP contribution is 2.26. The molecule has 1 aromatic rings. The molecule has 0 aliphatic carbocycles. The molecule has 0 aromatic carbocycles. The minimum Gasteiger partial charge on any atom is -0.476 e. The van der Waals surface area contributed by atoms with Crippen LogP contribution in [0, 0.1) is 5.92 Å². The first-order valence-corrected chi connectivity index (χ1v) is 7.58. The molecule has 1 atom stereocenters. The van der Waals surface area contributed by atoms with E-state index in [9.17, 15) is 0 Å². The fraction of sp³-hybridized carbons (Fsp3) is 0.800. The van der Waals surface area contributed by atoms with E-state index >= 15 is 0 Å². The van der Waals surface area contributed by atoms with Crippen LogP contribution < -0.4 is 10.5 Å². The Morgan fingerprint density at radius 2 is 2.00 bits per heavy atom. The summed E-state index contributed by atoms with van der Waals surface area (Å²) in [6.07, 6.45) is 6.85. The summed E-state index contributed by atoms with van der Waals surface area (Å²) in [5, 5.41) is 4.43. The standard InChI is InChI=1S/C15H29N3O/c1-5-8-10-12(7-3)11-19-15-14(16)13(9-6-2)17-18(15)4/h12H,5-11,16H2,1-4H3. The molecule has 0 bridgehead atoms. The van der Waals surface area contributed by atoms with Crippen molar-refractivity contribution in [3.05, 3.63) is 5.69 Å². The molecule has 0 spiro atoms. The molecule has 0 aliphatic heterocycles. The summed E-state index contributed by atoms with van der Waals surface area (Å²) >= 11 is 0. The van der Waals surface area contributed by atoms with E-state index in [0.717, 1.165) is 43.1 Å². The van der Waals surface area contributed by atoms with Crippen molar-refractivity contribution < 1.29 is 4.74 Å². The maximum absolute atomic E-state index is 6.11. The third-order valence-electron chi connectivity index (χ3n) is 3.59. The van der Waals surface area contributed by atoms with E-state index < -0.39 is 0 Å². The Morgan fingerprint density at radius 3 is 2.58 bits per heavy atom. The molecule has 4 nitrogen and oxygen atoms in total. The summed E-state index contributed by atoms with van der Waals surface area (Å²) < 4.78 is 7.69. The van der Waals surface area contributed by atoms with E-state index in [1.807, 2.05) is 7.05 Å². The van der Waals surface area contributed by atoms with Gasteiger partial charge in [0, 0.05) is 7.05 Å². The van der Waals surface area contributed by atoms with Crippen molar-refractivity contribution in [2.24, 2.45) is 13.0 Å². The van der Waals surface area contributed by atoms with Crippen LogP contribution in [0.1, 0.15) is 58.6 Å². The number of aryl methyl sites for hydroxylation is 2. The monoisotopic (exact) mass is 267 g/mol. The maximum atomic E-state index is 6.11. The highest BCUT2D eigenvalue weighted by Gasteiger charge is 2.15. The zero-order valence-electron chi connectivity index (χ0n) is 12.9. The predicted molar refractivity (Wildman–Crippen MR) is 80.4 cm³/mol. The van der Waals surface area contributed by atoms with Crippen LogP contribution >= 0.6 is 0 Å². The lowest BCUT2D eigenvalue weighted by atomic mass is 10.0. The Labute approximate surface area is 117 Å². The molecule has 1 aromatic heterocycles. The largest absolute Gasteiger partial charge is 0.476 e. The maximum Gasteiger partial charge on any atom is 0.235 e. The first-order valence-electron chi connectivity index (χ1n) is 7.58. The van der Waals surface area contributed by atoms with Crippen molar-refractivity contribution in [1.29, 1.82) is 0 Å². The highest BCUT2D eigenvalue weighted by atomic mass is 16.5. The summed E-state index contributed by atoms with van der Waals surface area (Å²) in [6.45, 7) is 7.32.